The van der Waals surface area contributed by atoms with Crippen molar-refractivity contribution in [2.75, 3.05) is 13.1 Å². The SMILES string of the molecule is CCCC(C)(N)CN(CC)Cc1cccc(C)n1. The van der Waals surface area contributed by atoms with E-state index in [1.54, 1.807) is 0 Å². The number of aryl methyl sites for hydroxylation is 1. The van der Waals surface area contributed by atoms with E-state index in [0.717, 1.165) is 43.9 Å². The van der Waals surface area contributed by atoms with Gasteiger partial charge in [0.05, 0.1) is 5.69 Å². The van der Waals surface area contributed by atoms with Gasteiger partial charge in [-0.1, -0.05) is 26.3 Å². The third-order valence-corrected chi connectivity index (χ3v) is 3.18. The summed E-state index contributed by atoms with van der Waals surface area (Å²) >= 11 is 0. The van der Waals surface area contributed by atoms with Gasteiger partial charge in [-0.15, -0.1) is 0 Å². The lowest BCUT2D eigenvalue weighted by atomic mass is 9.97. The van der Waals surface area contributed by atoms with Crippen LogP contribution in [0.25, 0.3) is 0 Å². The number of rotatable bonds is 7. The fraction of sp³-hybridized carbons (Fsp3) is 0.667. The number of nitrogens with zero attached hydrogens (tertiary/aromatic N) is 2. The molecular weight excluding hydrogens is 222 g/mol. The lowest BCUT2D eigenvalue weighted by molar-refractivity contribution is 0.208. The van der Waals surface area contributed by atoms with Crippen LogP contribution in [0.5, 0.6) is 0 Å². The first-order valence-corrected chi connectivity index (χ1v) is 6.90. The third-order valence-electron chi connectivity index (χ3n) is 3.18. The topological polar surface area (TPSA) is 42.1 Å². The van der Waals surface area contributed by atoms with Crippen LogP contribution in [-0.2, 0) is 6.54 Å². The van der Waals surface area contributed by atoms with Gasteiger partial charge in [0.1, 0.15) is 0 Å². The third kappa shape index (κ3) is 5.15. The zero-order valence-corrected chi connectivity index (χ0v) is 12.2. The molecule has 0 aliphatic heterocycles. The quantitative estimate of drug-likeness (QED) is 0.808. The summed E-state index contributed by atoms with van der Waals surface area (Å²) in [6.45, 7) is 11.3. The zero-order chi connectivity index (χ0) is 13.6. The molecule has 0 bridgehead atoms. The van der Waals surface area contributed by atoms with Crippen molar-refractivity contribution in [1.82, 2.24) is 9.88 Å². The van der Waals surface area contributed by atoms with Crippen molar-refractivity contribution in [3.63, 3.8) is 0 Å². The van der Waals surface area contributed by atoms with Gasteiger partial charge in [0.2, 0.25) is 0 Å². The summed E-state index contributed by atoms with van der Waals surface area (Å²) < 4.78 is 0. The summed E-state index contributed by atoms with van der Waals surface area (Å²) in [5.74, 6) is 0. The molecule has 3 nitrogen and oxygen atoms in total. The van der Waals surface area contributed by atoms with E-state index in [1.165, 1.54) is 0 Å². The zero-order valence-electron chi connectivity index (χ0n) is 12.2. The first-order chi connectivity index (χ1) is 8.46. The number of likely N-dealkylation sites (N-methyl/N-ethyl adjacent to an activating group) is 1. The number of pyridine rings is 1. The Balaban J connectivity index is 2.62. The normalized spacial score (nSPS) is 14.8. The van der Waals surface area contributed by atoms with Gasteiger partial charge >= 0.3 is 0 Å². The molecule has 1 atom stereocenters. The maximum Gasteiger partial charge on any atom is 0.0547 e. The Bertz CT molecular complexity index is 361. The molecule has 102 valence electrons. The van der Waals surface area contributed by atoms with Gasteiger partial charge < -0.3 is 5.73 Å². The molecule has 0 saturated carbocycles. The van der Waals surface area contributed by atoms with Gasteiger partial charge in [-0.2, -0.15) is 0 Å². The van der Waals surface area contributed by atoms with E-state index < -0.39 is 0 Å². The standard InChI is InChI=1S/C15H27N3/c1-5-10-15(4,16)12-18(6-2)11-14-9-7-8-13(3)17-14/h7-9H,5-6,10-12,16H2,1-4H3. The minimum absolute atomic E-state index is 0.103. The van der Waals surface area contributed by atoms with E-state index in [0.29, 0.717) is 0 Å². The van der Waals surface area contributed by atoms with Crippen molar-refractivity contribution in [3.8, 4) is 0 Å². The van der Waals surface area contributed by atoms with Crippen molar-refractivity contribution in [2.24, 2.45) is 5.73 Å². The van der Waals surface area contributed by atoms with E-state index in [1.807, 2.05) is 13.0 Å². The van der Waals surface area contributed by atoms with Crippen LogP contribution in [0.15, 0.2) is 18.2 Å². The lowest BCUT2D eigenvalue weighted by Crippen LogP contribution is -2.47. The van der Waals surface area contributed by atoms with Crippen molar-refractivity contribution in [1.29, 1.82) is 0 Å². The molecule has 1 heterocycles. The summed E-state index contributed by atoms with van der Waals surface area (Å²) in [7, 11) is 0. The lowest BCUT2D eigenvalue weighted by Gasteiger charge is -2.31. The highest BCUT2D eigenvalue weighted by Gasteiger charge is 2.20. The molecule has 0 fully saturated rings. The molecule has 0 saturated heterocycles. The van der Waals surface area contributed by atoms with Crippen molar-refractivity contribution < 1.29 is 0 Å². The summed E-state index contributed by atoms with van der Waals surface area (Å²) in [6, 6.07) is 6.19. The predicted molar refractivity (Wildman–Crippen MR) is 77.4 cm³/mol. The van der Waals surface area contributed by atoms with E-state index in [4.69, 9.17) is 5.73 Å². The second kappa shape index (κ2) is 6.86. The molecular formula is C15H27N3. The maximum atomic E-state index is 6.33. The van der Waals surface area contributed by atoms with Crippen molar-refractivity contribution >= 4 is 0 Å². The van der Waals surface area contributed by atoms with Gasteiger partial charge in [0.25, 0.3) is 0 Å². The van der Waals surface area contributed by atoms with Gasteiger partial charge in [0.15, 0.2) is 0 Å². The molecule has 0 aromatic carbocycles. The first-order valence-electron chi connectivity index (χ1n) is 6.90. The van der Waals surface area contributed by atoms with Crippen LogP contribution in [0.4, 0.5) is 0 Å². The largest absolute Gasteiger partial charge is 0.324 e. The van der Waals surface area contributed by atoms with Gasteiger partial charge in [-0.05, 0) is 38.9 Å². The molecule has 2 N–H and O–H groups in total. The van der Waals surface area contributed by atoms with Crippen LogP contribution in [0.3, 0.4) is 0 Å². The molecule has 1 aromatic rings. The molecule has 0 aliphatic rings. The summed E-state index contributed by atoms with van der Waals surface area (Å²) in [4.78, 5) is 6.93. The van der Waals surface area contributed by atoms with E-state index in [2.05, 4.69) is 42.8 Å². The summed E-state index contributed by atoms with van der Waals surface area (Å²) in [5.41, 5.74) is 8.43. The van der Waals surface area contributed by atoms with E-state index in [-0.39, 0.29) is 5.54 Å². The average molecular weight is 249 g/mol. The Hall–Kier alpha value is -0.930. The van der Waals surface area contributed by atoms with Crippen molar-refractivity contribution in [2.45, 2.75) is 52.6 Å². The Labute approximate surface area is 111 Å². The van der Waals surface area contributed by atoms with Crippen LogP contribution in [0.1, 0.15) is 45.0 Å². The minimum Gasteiger partial charge on any atom is -0.324 e. The summed E-state index contributed by atoms with van der Waals surface area (Å²) in [6.07, 6.45) is 2.19. The number of hydrogen-bond donors (Lipinski definition) is 1. The van der Waals surface area contributed by atoms with Gasteiger partial charge in [-0.25, -0.2) is 0 Å². The van der Waals surface area contributed by atoms with Crippen LogP contribution in [0.2, 0.25) is 0 Å². The fourth-order valence-corrected chi connectivity index (χ4v) is 2.36. The smallest absolute Gasteiger partial charge is 0.0547 e. The molecule has 3 heteroatoms. The fourth-order valence-electron chi connectivity index (χ4n) is 2.36. The molecule has 18 heavy (non-hydrogen) atoms. The van der Waals surface area contributed by atoms with E-state index >= 15 is 0 Å². The van der Waals surface area contributed by atoms with Gasteiger partial charge in [0, 0.05) is 24.3 Å². The minimum atomic E-state index is -0.103. The molecule has 1 unspecified atom stereocenters. The van der Waals surface area contributed by atoms with Crippen LogP contribution in [-0.4, -0.2) is 28.5 Å². The molecule has 1 rings (SSSR count). The highest BCUT2D eigenvalue weighted by molar-refractivity contribution is 5.09. The van der Waals surface area contributed by atoms with Crippen molar-refractivity contribution in [3.05, 3.63) is 29.6 Å². The molecule has 0 radical (unpaired) electrons. The molecule has 0 aliphatic carbocycles. The molecule has 0 spiro atoms. The Morgan fingerprint density at radius 3 is 2.61 bits per heavy atom. The first kappa shape index (κ1) is 15.1. The van der Waals surface area contributed by atoms with Crippen LogP contribution < -0.4 is 5.73 Å². The highest BCUT2D eigenvalue weighted by Crippen LogP contribution is 2.12. The highest BCUT2D eigenvalue weighted by atomic mass is 15.1. The van der Waals surface area contributed by atoms with Crippen LogP contribution in [0, 0.1) is 6.92 Å². The predicted octanol–water partition coefficient (Wildman–Crippen LogP) is 2.73. The monoisotopic (exact) mass is 249 g/mol. The molecule has 0 amide bonds. The molecule has 1 aromatic heterocycles. The van der Waals surface area contributed by atoms with Crippen LogP contribution >= 0.6 is 0 Å². The summed E-state index contributed by atoms with van der Waals surface area (Å²) in [5, 5.41) is 0. The second-order valence-corrected chi connectivity index (χ2v) is 5.48. The number of nitrogens with two attached hydrogens (primary N) is 1. The Kier molecular flexibility index (Phi) is 5.76. The maximum absolute atomic E-state index is 6.33. The van der Waals surface area contributed by atoms with Gasteiger partial charge in [-0.3, -0.25) is 9.88 Å². The average Bonchev–Trinajstić information content (AvgIpc) is 2.27. The number of aromatic nitrogens is 1. The van der Waals surface area contributed by atoms with E-state index in [9.17, 15) is 0 Å². The Morgan fingerprint density at radius 1 is 1.33 bits per heavy atom. The second-order valence-electron chi connectivity index (χ2n) is 5.48. The Morgan fingerprint density at radius 2 is 2.06 bits per heavy atom. The number of hydrogen-bond acceptors (Lipinski definition) is 3.